The summed E-state index contributed by atoms with van der Waals surface area (Å²) in [6.45, 7) is 5.81. The first-order valence-corrected chi connectivity index (χ1v) is 7.22. The highest BCUT2D eigenvalue weighted by molar-refractivity contribution is 6.07. The summed E-state index contributed by atoms with van der Waals surface area (Å²) < 4.78 is 5.47. The van der Waals surface area contributed by atoms with Crippen molar-refractivity contribution < 1.29 is 19.1 Å². The minimum atomic E-state index is -1.06. The topological polar surface area (TPSA) is 82.8 Å². The van der Waals surface area contributed by atoms with Gasteiger partial charge < -0.3 is 14.8 Å². The standard InChI is InChI=1S/C15H22N2O4/c1-10-9-12(11(2)21-10)15(3)13(19)17(14(20)16-15)7-5-4-6-8-18/h9,18H,4-8H2,1-3H3,(H,16,20). The van der Waals surface area contributed by atoms with Gasteiger partial charge in [0, 0.05) is 18.7 Å². The Balaban J connectivity index is 2.15. The number of rotatable bonds is 6. The predicted octanol–water partition coefficient (Wildman–Crippen LogP) is 1.83. The number of nitrogens with zero attached hydrogens (tertiary/aromatic N) is 1. The third-order valence-corrected chi connectivity index (χ3v) is 3.89. The fourth-order valence-corrected chi connectivity index (χ4v) is 2.77. The van der Waals surface area contributed by atoms with Crippen molar-refractivity contribution in [3.8, 4) is 0 Å². The maximum atomic E-state index is 12.6. The number of aliphatic hydroxyl groups excluding tert-OH is 1. The molecule has 1 saturated heterocycles. The number of carbonyl (C=O) groups is 2. The van der Waals surface area contributed by atoms with E-state index in [0.29, 0.717) is 36.5 Å². The molecule has 0 aliphatic carbocycles. The molecule has 1 unspecified atom stereocenters. The van der Waals surface area contributed by atoms with E-state index in [0.717, 1.165) is 6.42 Å². The second-order valence-electron chi connectivity index (χ2n) is 5.62. The summed E-state index contributed by atoms with van der Waals surface area (Å²) in [5.41, 5.74) is -0.355. The third kappa shape index (κ3) is 2.81. The molecular formula is C15H22N2O4. The second-order valence-corrected chi connectivity index (χ2v) is 5.62. The number of unbranched alkanes of at least 4 members (excludes halogenated alkanes) is 2. The summed E-state index contributed by atoms with van der Waals surface area (Å²) >= 11 is 0. The Morgan fingerprint density at radius 3 is 2.57 bits per heavy atom. The van der Waals surface area contributed by atoms with Crippen molar-refractivity contribution in [2.45, 2.75) is 45.6 Å². The molecule has 0 radical (unpaired) electrons. The molecule has 6 nitrogen and oxygen atoms in total. The Hall–Kier alpha value is -1.82. The lowest BCUT2D eigenvalue weighted by Gasteiger charge is -2.21. The summed E-state index contributed by atoms with van der Waals surface area (Å²) in [6.07, 6.45) is 2.16. The molecule has 1 fully saturated rings. The Kier molecular flexibility index (Phi) is 4.37. The lowest BCUT2D eigenvalue weighted by molar-refractivity contribution is -0.131. The van der Waals surface area contributed by atoms with Crippen molar-refractivity contribution in [1.29, 1.82) is 0 Å². The zero-order valence-corrected chi connectivity index (χ0v) is 12.7. The van der Waals surface area contributed by atoms with Crippen molar-refractivity contribution in [2.75, 3.05) is 13.2 Å². The fraction of sp³-hybridized carbons (Fsp3) is 0.600. The normalized spacial score (nSPS) is 22.0. The molecule has 1 aliphatic rings. The Labute approximate surface area is 124 Å². The molecule has 21 heavy (non-hydrogen) atoms. The van der Waals surface area contributed by atoms with Gasteiger partial charge in [0.2, 0.25) is 0 Å². The van der Waals surface area contributed by atoms with Crippen LogP contribution in [-0.2, 0) is 10.3 Å². The smallest absolute Gasteiger partial charge is 0.325 e. The zero-order chi connectivity index (χ0) is 15.6. The van der Waals surface area contributed by atoms with Gasteiger partial charge in [-0.1, -0.05) is 0 Å². The molecule has 1 aliphatic heterocycles. The Morgan fingerprint density at radius 1 is 1.29 bits per heavy atom. The van der Waals surface area contributed by atoms with E-state index in [1.54, 1.807) is 19.9 Å². The van der Waals surface area contributed by atoms with Crippen LogP contribution in [0.4, 0.5) is 4.79 Å². The molecule has 2 rings (SSSR count). The van der Waals surface area contributed by atoms with Crippen LogP contribution >= 0.6 is 0 Å². The average molecular weight is 294 g/mol. The van der Waals surface area contributed by atoms with Crippen LogP contribution in [0.15, 0.2) is 10.5 Å². The van der Waals surface area contributed by atoms with Gasteiger partial charge in [0.15, 0.2) is 0 Å². The largest absolute Gasteiger partial charge is 0.466 e. The van der Waals surface area contributed by atoms with Crippen LogP contribution in [0.1, 0.15) is 43.3 Å². The summed E-state index contributed by atoms with van der Waals surface area (Å²) in [5.74, 6) is 1.11. The summed E-state index contributed by atoms with van der Waals surface area (Å²) in [6, 6.07) is 1.42. The van der Waals surface area contributed by atoms with Crippen molar-refractivity contribution in [3.63, 3.8) is 0 Å². The van der Waals surface area contributed by atoms with E-state index in [-0.39, 0.29) is 18.5 Å². The maximum absolute atomic E-state index is 12.6. The first-order valence-electron chi connectivity index (χ1n) is 7.22. The van der Waals surface area contributed by atoms with Gasteiger partial charge in [-0.15, -0.1) is 0 Å². The highest BCUT2D eigenvalue weighted by atomic mass is 16.3. The molecule has 1 aromatic heterocycles. The zero-order valence-electron chi connectivity index (χ0n) is 12.7. The molecule has 2 heterocycles. The van der Waals surface area contributed by atoms with E-state index in [1.165, 1.54) is 4.90 Å². The molecule has 6 heteroatoms. The predicted molar refractivity (Wildman–Crippen MR) is 76.7 cm³/mol. The molecule has 1 aromatic rings. The highest BCUT2D eigenvalue weighted by Gasteiger charge is 2.50. The minimum Gasteiger partial charge on any atom is -0.466 e. The van der Waals surface area contributed by atoms with Crippen molar-refractivity contribution in [3.05, 3.63) is 23.2 Å². The quantitative estimate of drug-likeness (QED) is 0.619. The molecule has 116 valence electrons. The first kappa shape index (κ1) is 15.6. The first-order chi connectivity index (χ1) is 9.90. The molecule has 0 saturated carbocycles. The van der Waals surface area contributed by atoms with Crippen LogP contribution in [0.3, 0.4) is 0 Å². The van der Waals surface area contributed by atoms with Gasteiger partial charge in [0.1, 0.15) is 17.1 Å². The number of imide groups is 1. The van der Waals surface area contributed by atoms with E-state index < -0.39 is 5.54 Å². The summed E-state index contributed by atoms with van der Waals surface area (Å²) in [4.78, 5) is 25.9. The van der Waals surface area contributed by atoms with Gasteiger partial charge in [0.05, 0.1) is 0 Å². The number of nitrogens with one attached hydrogen (secondary N) is 1. The van der Waals surface area contributed by atoms with E-state index in [4.69, 9.17) is 9.52 Å². The number of hydrogen-bond donors (Lipinski definition) is 2. The number of aryl methyl sites for hydroxylation is 2. The van der Waals surface area contributed by atoms with Crippen molar-refractivity contribution in [2.24, 2.45) is 0 Å². The lowest BCUT2D eigenvalue weighted by atomic mass is 9.92. The number of aliphatic hydroxyl groups is 1. The number of furan rings is 1. The summed E-state index contributed by atoms with van der Waals surface area (Å²) in [5, 5.41) is 11.5. The van der Waals surface area contributed by atoms with Crippen LogP contribution < -0.4 is 5.32 Å². The van der Waals surface area contributed by atoms with Crippen molar-refractivity contribution >= 4 is 11.9 Å². The molecule has 1 atom stereocenters. The number of amides is 3. The van der Waals surface area contributed by atoms with E-state index in [2.05, 4.69) is 5.32 Å². The molecule has 0 spiro atoms. The van der Waals surface area contributed by atoms with Gasteiger partial charge in [-0.25, -0.2) is 4.79 Å². The monoisotopic (exact) mass is 294 g/mol. The minimum absolute atomic E-state index is 0.130. The van der Waals surface area contributed by atoms with Crippen LogP contribution in [0.25, 0.3) is 0 Å². The van der Waals surface area contributed by atoms with Crippen LogP contribution in [-0.4, -0.2) is 35.1 Å². The van der Waals surface area contributed by atoms with Crippen LogP contribution in [0.2, 0.25) is 0 Å². The van der Waals surface area contributed by atoms with E-state index >= 15 is 0 Å². The maximum Gasteiger partial charge on any atom is 0.325 e. The van der Waals surface area contributed by atoms with Crippen molar-refractivity contribution in [1.82, 2.24) is 10.2 Å². The third-order valence-electron chi connectivity index (χ3n) is 3.89. The van der Waals surface area contributed by atoms with Gasteiger partial charge in [0.25, 0.3) is 5.91 Å². The van der Waals surface area contributed by atoms with Crippen LogP contribution in [0, 0.1) is 13.8 Å². The lowest BCUT2D eigenvalue weighted by Crippen LogP contribution is -2.41. The second kappa shape index (κ2) is 5.89. The van der Waals surface area contributed by atoms with Crippen LogP contribution in [0.5, 0.6) is 0 Å². The molecule has 0 bridgehead atoms. The van der Waals surface area contributed by atoms with E-state index in [1.807, 2.05) is 6.92 Å². The fourth-order valence-electron chi connectivity index (χ4n) is 2.77. The Bertz CT molecular complexity index is 552. The van der Waals surface area contributed by atoms with Gasteiger partial charge in [-0.05, 0) is 46.1 Å². The van der Waals surface area contributed by atoms with E-state index in [9.17, 15) is 9.59 Å². The number of hydrogen-bond acceptors (Lipinski definition) is 4. The molecule has 3 amide bonds. The molecule has 2 N–H and O–H groups in total. The average Bonchev–Trinajstić information content (AvgIpc) is 2.86. The van der Waals surface area contributed by atoms with Gasteiger partial charge in [-0.3, -0.25) is 9.69 Å². The number of carbonyl (C=O) groups excluding carboxylic acids is 2. The van der Waals surface area contributed by atoms with Gasteiger partial charge in [-0.2, -0.15) is 0 Å². The highest BCUT2D eigenvalue weighted by Crippen LogP contribution is 2.32. The molecule has 0 aromatic carbocycles. The molecular weight excluding hydrogens is 272 g/mol. The SMILES string of the molecule is Cc1cc(C2(C)NC(=O)N(CCCCCO)C2=O)c(C)o1. The van der Waals surface area contributed by atoms with Gasteiger partial charge >= 0.3 is 6.03 Å². The number of urea groups is 1. The Morgan fingerprint density at radius 2 is 2.00 bits per heavy atom. The summed E-state index contributed by atoms with van der Waals surface area (Å²) in [7, 11) is 0.